The van der Waals surface area contributed by atoms with Crippen LogP contribution in [0.5, 0.6) is 23.0 Å². The van der Waals surface area contributed by atoms with Gasteiger partial charge in [0.05, 0.1) is 66.9 Å². The Morgan fingerprint density at radius 3 is 1.44 bits per heavy atom. The second-order valence-corrected chi connectivity index (χ2v) is 17.2. The number of aliphatic imine (C=N–C) groups is 2. The van der Waals surface area contributed by atoms with Crippen LogP contribution < -0.4 is 28.7 Å². The molecule has 8 aromatic rings. The van der Waals surface area contributed by atoms with Gasteiger partial charge in [-0.1, -0.05) is 36.4 Å². The molecule has 0 N–H and O–H groups in total. The molecule has 0 saturated carbocycles. The van der Waals surface area contributed by atoms with Gasteiger partial charge in [0, 0.05) is 48.0 Å². The number of aromatic nitrogens is 2. The van der Waals surface area contributed by atoms with Crippen molar-refractivity contribution in [1.29, 1.82) is 0 Å². The average molecular weight is 867 g/mol. The fourth-order valence-electron chi connectivity index (χ4n) is 8.15. The van der Waals surface area contributed by atoms with Gasteiger partial charge < -0.3 is 28.7 Å². The summed E-state index contributed by atoms with van der Waals surface area (Å²) in [5, 5.41) is 1.81. The van der Waals surface area contributed by atoms with Gasteiger partial charge in [0.2, 0.25) is 0 Å². The lowest BCUT2D eigenvalue weighted by Gasteiger charge is -2.45. The monoisotopic (exact) mass is 866 g/mol. The van der Waals surface area contributed by atoms with Crippen molar-refractivity contribution in [2.45, 2.75) is 13.1 Å². The van der Waals surface area contributed by atoms with E-state index < -0.39 is 0 Å². The summed E-state index contributed by atoms with van der Waals surface area (Å²) in [5.41, 5.74) is 12.8. The molecule has 0 spiro atoms. The molecule has 0 atom stereocenters. The molecule has 312 valence electrons. The maximum Gasteiger partial charge on any atom is 0.167 e. The van der Waals surface area contributed by atoms with Crippen molar-refractivity contribution in [2.75, 3.05) is 44.9 Å². The van der Waals surface area contributed by atoms with Gasteiger partial charge in [-0.3, -0.25) is 9.98 Å². The summed E-state index contributed by atoms with van der Waals surface area (Å²) < 4.78 is 24.2. The summed E-state index contributed by atoms with van der Waals surface area (Å²) in [6, 6.07) is 37.3. The van der Waals surface area contributed by atoms with Crippen LogP contribution in [0.2, 0.25) is 0 Å². The second-order valence-electron chi connectivity index (χ2n) is 15.1. The van der Waals surface area contributed by atoms with Crippen molar-refractivity contribution in [3.05, 3.63) is 153 Å². The molecule has 4 heterocycles. The first-order chi connectivity index (χ1) is 30.9. The van der Waals surface area contributed by atoms with E-state index >= 15 is 0 Å². The first kappa shape index (κ1) is 39.8. The van der Waals surface area contributed by atoms with Crippen LogP contribution >= 0.6 is 22.7 Å². The highest BCUT2D eigenvalue weighted by Crippen LogP contribution is 2.39. The first-order valence-corrected chi connectivity index (χ1v) is 22.0. The number of benzene rings is 6. The molecule has 0 saturated heterocycles. The molecular weight excluding hydrogens is 825 g/mol. The number of para-hydroxylation sites is 2. The molecule has 0 fully saturated rings. The van der Waals surface area contributed by atoms with E-state index in [0.717, 1.165) is 83.8 Å². The molecule has 10 nitrogen and oxygen atoms in total. The highest BCUT2D eigenvalue weighted by Gasteiger charge is 2.29. The number of rotatable bonds is 12. The Hall–Kier alpha value is -7.28. The molecule has 0 amide bonds. The number of thiazole rings is 2. The van der Waals surface area contributed by atoms with E-state index in [4.69, 9.17) is 38.9 Å². The third-order valence-electron chi connectivity index (χ3n) is 11.1. The number of hydrogen-bond donors (Lipinski definition) is 0. The van der Waals surface area contributed by atoms with Crippen LogP contribution in [0.3, 0.4) is 0 Å². The SMILES string of the molecule is COc1cccc(/C=C/c2nc3ccc(N=Cc4ccc5c(c4)CN4CN5Cc5cc(C=Nc6ccc7nc(/C=C/c8cccc(OC)c8OC)sc7c6)ccc54)cc3s2)c1OC. The summed E-state index contributed by atoms with van der Waals surface area (Å²) in [5.74, 6) is 2.79. The van der Waals surface area contributed by atoms with Crippen LogP contribution in [0.15, 0.2) is 119 Å². The minimum atomic E-state index is 0.696. The molecule has 0 aliphatic carbocycles. The van der Waals surface area contributed by atoms with E-state index in [2.05, 4.69) is 58.3 Å². The van der Waals surface area contributed by atoms with Gasteiger partial charge in [-0.2, -0.15) is 0 Å². The lowest BCUT2D eigenvalue weighted by Crippen LogP contribution is -2.46. The Bertz CT molecular complexity index is 2940. The van der Waals surface area contributed by atoms with E-state index in [1.807, 2.05) is 97.4 Å². The summed E-state index contributed by atoms with van der Waals surface area (Å²) in [6.45, 7) is 2.52. The Morgan fingerprint density at radius 2 is 1.00 bits per heavy atom. The fourth-order valence-corrected chi connectivity index (χ4v) is 9.96. The molecule has 2 bridgehead atoms. The van der Waals surface area contributed by atoms with Gasteiger partial charge in [0.25, 0.3) is 0 Å². The zero-order valence-electron chi connectivity index (χ0n) is 35.1. The van der Waals surface area contributed by atoms with E-state index in [-0.39, 0.29) is 0 Å². The van der Waals surface area contributed by atoms with Crippen LogP contribution in [0.4, 0.5) is 22.7 Å². The van der Waals surface area contributed by atoms with E-state index in [1.165, 1.54) is 22.5 Å². The van der Waals surface area contributed by atoms with Gasteiger partial charge in [-0.05, 0) is 119 Å². The van der Waals surface area contributed by atoms with Gasteiger partial charge in [0.15, 0.2) is 23.0 Å². The first-order valence-electron chi connectivity index (χ1n) is 20.4. The summed E-state index contributed by atoms with van der Waals surface area (Å²) >= 11 is 3.27. The maximum absolute atomic E-state index is 5.58. The Balaban J connectivity index is 0.800. The highest BCUT2D eigenvalue weighted by molar-refractivity contribution is 7.19. The quantitative estimate of drug-likeness (QED) is 0.112. The molecule has 2 aromatic heterocycles. The fraction of sp³-hybridized carbons (Fsp3) is 0.137. The van der Waals surface area contributed by atoms with Gasteiger partial charge in [0.1, 0.15) is 10.0 Å². The standard InChI is InChI=1S/C51H42N6O4S2/c1-58-44-9-5-7-34(50(44)60-3)13-21-48-54-40-17-15-38(25-46(40)62-48)52-27-32-11-19-42-36(23-32)29-56-31-57(42)30-37-24-33(12-20-43(37)56)28-53-39-16-18-41-47(26-39)63-49(55-41)22-14-35-8-6-10-45(59-2)51(35)61-4/h5-28H,29-31H2,1-4H3/b21-13+,22-14+,52-27?,53-28?. The third kappa shape index (κ3) is 8.14. The average Bonchev–Trinajstić information content (AvgIpc) is 3.93. The number of nitrogens with zero attached hydrogens (tertiary/aromatic N) is 6. The Kier molecular flexibility index (Phi) is 10.9. The summed E-state index contributed by atoms with van der Waals surface area (Å²) in [6.07, 6.45) is 11.9. The number of fused-ring (bicyclic) bond motifs is 8. The van der Waals surface area contributed by atoms with Crippen LogP contribution in [-0.4, -0.2) is 57.5 Å². The minimum Gasteiger partial charge on any atom is -0.493 e. The number of methoxy groups -OCH3 is 4. The lowest BCUT2D eigenvalue weighted by atomic mass is 9.99. The molecule has 10 rings (SSSR count). The minimum absolute atomic E-state index is 0.696. The third-order valence-corrected chi connectivity index (χ3v) is 13.1. The van der Waals surface area contributed by atoms with Crippen LogP contribution in [0, 0.1) is 0 Å². The molecular formula is C51H42N6O4S2. The number of ether oxygens (including phenoxy) is 4. The van der Waals surface area contributed by atoms with Gasteiger partial charge in [-0.15, -0.1) is 22.7 Å². The molecule has 2 aliphatic heterocycles. The van der Waals surface area contributed by atoms with E-state index in [1.54, 1.807) is 51.1 Å². The topological polar surface area (TPSA) is 93.9 Å². The molecule has 0 radical (unpaired) electrons. The highest BCUT2D eigenvalue weighted by atomic mass is 32.1. The molecule has 2 aliphatic rings. The van der Waals surface area contributed by atoms with E-state index in [0.29, 0.717) is 23.0 Å². The zero-order chi connectivity index (χ0) is 42.9. The van der Waals surface area contributed by atoms with Gasteiger partial charge >= 0.3 is 0 Å². The van der Waals surface area contributed by atoms with Crippen molar-refractivity contribution in [3.63, 3.8) is 0 Å². The number of hydrogen-bond acceptors (Lipinski definition) is 12. The van der Waals surface area contributed by atoms with Crippen molar-refractivity contribution < 1.29 is 18.9 Å². The lowest BCUT2D eigenvalue weighted by molar-refractivity contribution is 0.354. The molecule has 6 aromatic carbocycles. The zero-order valence-corrected chi connectivity index (χ0v) is 36.7. The van der Waals surface area contributed by atoms with Crippen LogP contribution in [-0.2, 0) is 13.1 Å². The molecule has 0 unspecified atom stereocenters. The van der Waals surface area contributed by atoms with Crippen LogP contribution in [0.25, 0.3) is 44.7 Å². The Morgan fingerprint density at radius 1 is 0.524 bits per heavy atom. The summed E-state index contributed by atoms with van der Waals surface area (Å²) in [7, 11) is 6.58. The van der Waals surface area contributed by atoms with Crippen molar-refractivity contribution in [1.82, 2.24) is 9.97 Å². The Labute approximate surface area is 373 Å². The molecule has 63 heavy (non-hydrogen) atoms. The van der Waals surface area contributed by atoms with Crippen molar-refractivity contribution in [3.8, 4) is 23.0 Å². The molecule has 12 heteroatoms. The second kappa shape index (κ2) is 17.2. The maximum atomic E-state index is 5.58. The van der Waals surface area contributed by atoms with Crippen molar-refractivity contribution >= 4 is 103 Å². The van der Waals surface area contributed by atoms with Crippen molar-refractivity contribution in [2.24, 2.45) is 9.98 Å². The summed E-state index contributed by atoms with van der Waals surface area (Å²) in [4.78, 5) is 24.3. The predicted octanol–water partition coefficient (Wildman–Crippen LogP) is 12.1. The van der Waals surface area contributed by atoms with Gasteiger partial charge in [-0.25, -0.2) is 9.97 Å². The van der Waals surface area contributed by atoms with E-state index in [9.17, 15) is 0 Å². The normalized spacial score (nSPS) is 13.5. The smallest absolute Gasteiger partial charge is 0.167 e. The van der Waals surface area contributed by atoms with Crippen LogP contribution in [0.1, 0.15) is 43.4 Å². The largest absolute Gasteiger partial charge is 0.493 e. The number of anilines is 2. The predicted molar refractivity (Wildman–Crippen MR) is 261 cm³/mol.